The lowest BCUT2D eigenvalue weighted by Crippen LogP contribution is -2.19. The van der Waals surface area contributed by atoms with Crippen LogP contribution in [0.15, 0.2) is 42.5 Å². The van der Waals surface area contributed by atoms with Crippen LogP contribution in [0, 0.1) is 5.82 Å². The molecular formula is C17H20FNO2. The van der Waals surface area contributed by atoms with E-state index in [9.17, 15) is 9.50 Å². The topological polar surface area (TPSA) is 41.5 Å². The molecule has 0 bridgehead atoms. The van der Waals surface area contributed by atoms with Crippen molar-refractivity contribution in [2.75, 3.05) is 6.61 Å². The lowest BCUT2D eigenvalue weighted by molar-refractivity contribution is 0.316. The average Bonchev–Trinajstić information content (AvgIpc) is 2.48. The summed E-state index contributed by atoms with van der Waals surface area (Å²) in [5.41, 5.74) is 1.34. The Morgan fingerprint density at radius 3 is 2.67 bits per heavy atom. The van der Waals surface area contributed by atoms with Gasteiger partial charge in [0.15, 0.2) is 11.5 Å². The zero-order chi connectivity index (χ0) is 15.2. The van der Waals surface area contributed by atoms with Gasteiger partial charge in [0.25, 0.3) is 0 Å². The molecule has 4 heteroatoms. The van der Waals surface area contributed by atoms with Gasteiger partial charge in [0.1, 0.15) is 5.82 Å². The molecule has 0 saturated heterocycles. The van der Waals surface area contributed by atoms with Gasteiger partial charge in [-0.3, -0.25) is 0 Å². The average molecular weight is 289 g/mol. The van der Waals surface area contributed by atoms with Crippen molar-refractivity contribution >= 4 is 0 Å². The first kappa shape index (κ1) is 15.3. The molecular weight excluding hydrogens is 269 g/mol. The summed E-state index contributed by atoms with van der Waals surface area (Å²) in [4.78, 5) is 0. The van der Waals surface area contributed by atoms with Crippen LogP contribution in [0.5, 0.6) is 11.5 Å². The van der Waals surface area contributed by atoms with E-state index >= 15 is 0 Å². The summed E-state index contributed by atoms with van der Waals surface area (Å²) in [5, 5.41) is 13.3. The number of benzene rings is 2. The van der Waals surface area contributed by atoms with Crippen molar-refractivity contribution in [1.82, 2.24) is 5.32 Å². The molecule has 0 spiro atoms. The third-order valence-corrected chi connectivity index (χ3v) is 3.35. The van der Waals surface area contributed by atoms with E-state index in [0.29, 0.717) is 24.5 Å². The number of halogens is 1. The first-order valence-electron chi connectivity index (χ1n) is 7.05. The van der Waals surface area contributed by atoms with Gasteiger partial charge in [-0.2, -0.15) is 0 Å². The van der Waals surface area contributed by atoms with Gasteiger partial charge >= 0.3 is 0 Å². The highest BCUT2D eigenvalue weighted by Crippen LogP contribution is 2.30. The molecule has 112 valence electrons. The van der Waals surface area contributed by atoms with Crippen LogP contribution >= 0.6 is 0 Å². The molecule has 1 unspecified atom stereocenters. The maximum atomic E-state index is 13.7. The SMILES string of the molecule is CCOc1cccc(CNC(C)c2ccccc2F)c1O. The molecule has 21 heavy (non-hydrogen) atoms. The fourth-order valence-corrected chi connectivity index (χ4v) is 2.18. The van der Waals surface area contributed by atoms with Gasteiger partial charge < -0.3 is 15.2 Å². The quantitative estimate of drug-likeness (QED) is 0.850. The summed E-state index contributed by atoms with van der Waals surface area (Å²) in [5.74, 6) is 0.368. The molecule has 0 aliphatic heterocycles. The van der Waals surface area contributed by atoms with Gasteiger partial charge in [0.2, 0.25) is 0 Å². The van der Waals surface area contributed by atoms with Crippen LogP contribution < -0.4 is 10.1 Å². The molecule has 0 fully saturated rings. The second-order valence-corrected chi connectivity index (χ2v) is 4.82. The highest BCUT2D eigenvalue weighted by molar-refractivity contribution is 5.45. The van der Waals surface area contributed by atoms with Crippen molar-refractivity contribution in [2.45, 2.75) is 26.4 Å². The van der Waals surface area contributed by atoms with Gasteiger partial charge in [-0.15, -0.1) is 0 Å². The van der Waals surface area contributed by atoms with Crippen LogP contribution in [0.4, 0.5) is 4.39 Å². The van der Waals surface area contributed by atoms with Crippen molar-refractivity contribution in [3.8, 4) is 11.5 Å². The molecule has 0 saturated carbocycles. The summed E-state index contributed by atoms with van der Waals surface area (Å²) in [6, 6.07) is 11.9. The summed E-state index contributed by atoms with van der Waals surface area (Å²) in [7, 11) is 0. The number of hydrogen-bond donors (Lipinski definition) is 2. The molecule has 1 atom stereocenters. The number of phenolic OH excluding ortho intramolecular Hbond substituents is 1. The van der Waals surface area contributed by atoms with Gasteiger partial charge in [-0.1, -0.05) is 30.3 Å². The maximum Gasteiger partial charge on any atom is 0.162 e. The van der Waals surface area contributed by atoms with Crippen LogP contribution in [0.3, 0.4) is 0 Å². The van der Waals surface area contributed by atoms with Crippen molar-refractivity contribution in [1.29, 1.82) is 0 Å². The molecule has 0 amide bonds. The highest BCUT2D eigenvalue weighted by Gasteiger charge is 2.12. The number of aromatic hydroxyl groups is 1. The number of ether oxygens (including phenoxy) is 1. The molecule has 2 N–H and O–H groups in total. The van der Waals surface area contributed by atoms with E-state index in [4.69, 9.17) is 4.74 Å². The molecule has 0 heterocycles. The third kappa shape index (κ3) is 3.73. The minimum absolute atomic E-state index is 0.132. The van der Waals surface area contributed by atoms with Gasteiger partial charge in [-0.25, -0.2) is 4.39 Å². The zero-order valence-electron chi connectivity index (χ0n) is 12.3. The predicted molar refractivity (Wildman–Crippen MR) is 80.9 cm³/mol. The number of para-hydroxylation sites is 1. The van der Waals surface area contributed by atoms with E-state index in [2.05, 4.69) is 5.32 Å². The van der Waals surface area contributed by atoms with Crippen LogP contribution in [-0.2, 0) is 6.54 Å². The second-order valence-electron chi connectivity index (χ2n) is 4.82. The molecule has 3 nitrogen and oxygen atoms in total. The minimum atomic E-state index is -0.232. The molecule has 0 aromatic heterocycles. The highest BCUT2D eigenvalue weighted by atomic mass is 19.1. The van der Waals surface area contributed by atoms with Gasteiger partial charge in [0.05, 0.1) is 6.61 Å². The zero-order valence-corrected chi connectivity index (χ0v) is 12.3. The summed E-state index contributed by atoms with van der Waals surface area (Å²) in [6.07, 6.45) is 0. The Morgan fingerprint density at radius 2 is 1.95 bits per heavy atom. The number of phenols is 1. The van der Waals surface area contributed by atoms with E-state index in [1.807, 2.05) is 32.0 Å². The fourth-order valence-electron chi connectivity index (χ4n) is 2.18. The Kier molecular flexibility index (Phi) is 5.17. The van der Waals surface area contributed by atoms with Gasteiger partial charge in [-0.05, 0) is 26.0 Å². The normalized spacial score (nSPS) is 12.1. The summed E-state index contributed by atoms with van der Waals surface area (Å²) in [6.45, 7) is 4.69. The summed E-state index contributed by atoms with van der Waals surface area (Å²) >= 11 is 0. The minimum Gasteiger partial charge on any atom is -0.504 e. The number of rotatable bonds is 6. The van der Waals surface area contributed by atoms with E-state index in [1.165, 1.54) is 6.07 Å². The predicted octanol–water partition coefficient (Wildman–Crippen LogP) is 3.78. The molecule has 2 aromatic carbocycles. The molecule has 0 aliphatic rings. The van der Waals surface area contributed by atoms with Crippen LogP contribution in [0.1, 0.15) is 31.0 Å². The van der Waals surface area contributed by atoms with E-state index < -0.39 is 0 Å². The Balaban J connectivity index is 2.06. The van der Waals surface area contributed by atoms with E-state index in [1.54, 1.807) is 18.2 Å². The maximum absolute atomic E-state index is 13.7. The van der Waals surface area contributed by atoms with E-state index in [-0.39, 0.29) is 17.6 Å². The third-order valence-electron chi connectivity index (χ3n) is 3.35. The summed E-state index contributed by atoms with van der Waals surface area (Å²) < 4.78 is 19.1. The molecule has 2 rings (SSSR count). The van der Waals surface area contributed by atoms with Crippen LogP contribution in [0.2, 0.25) is 0 Å². The van der Waals surface area contributed by atoms with Crippen LogP contribution in [-0.4, -0.2) is 11.7 Å². The fraction of sp³-hybridized carbons (Fsp3) is 0.294. The first-order chi connectivity index (χ1) is 10.1. The van der Waals surface area contributed by atoms with E-state index in [0.717, 1.165) is 5.56 Å². The van der Waals surface area contributed by atoms with Crippen LogP contribution in [0.25, 0.3) is 0 Å². The largest absolute Gasteiger partial charge is 0.504 e. The lowest BCUT2D eigenvalue weighted by Gasteiger charge is -2.16. The van der Waals surface area contributed by atoms with Crippen molar-refractivity contribution in [3.63, 3.8) is 0 Å². The number of nitrogens with one attached hydrogen (secondary N) is 1. The van der Waals surface area contributed by atoms with Crippen molar-refractivity contribution < 1.29 is 14.2 Å². The molecule has 0 aliphatic carbocycles. The lowest BCUT2D eigenvalue weighted by atomic mass is 10.1. The van der Waals surface area contributed by atoms with Gasteiger partial charge in [0, 0.05) is 23.7 Å². The number of hydrogen-bond acceptors (Lipinski definition) is 3. The van der Waals surface area contributed by atoms with Crippen molar-refractivity contribution in [3.05, 3.63) is 59.4 Å². The first-order valence-corrected chi connectivity index (χ1v) is 7.05. The standard InChI is InChI=1S/C17H20FNO2/c1-3-21-16-10-6-7-13(17(16)20)11-19-12(2)14-8-4-5-9-15(14)18/h4-10,12,19-20H,3,11H2,1-2H3. The Hall–Kier alpha value is -2.07. The second kappa shape index (κ2) is 7.09. The molecule has 2 aromatic rings. The Morgan fingerprint density at radius 1 is 1.19 bits per heavy atom. The smallest absolute Gasteiger partial charge is 0.162 e. The van der Waals surface area contributed by atoms with Crippen molar-refractivity contribution in [2.24, 2.45) is 0 Å². The Bertz CT molecular complexity index is 601. The monoisotopic (exact) mass is 289 g/mol. The Labute approximate surface area is 124 Å². The molecule has 0 radical (unpaired) electrons.